The fraction of sp³-hybridized carbons (Fsp3) is 0.158. The van der Waals surface area contributed by atoms with Crippen molar-refractivity contribution in [3.05, 3.63) is 35.9 Å². The molecule has 0 aliphatic rings. The molecule has 0 saturated carbocycles. The average molecular weight is 376 g/mol. The van der Waals surface area contributed by atoms with Gasteiger partial charge in [-0.1, -0.05) is 30.3 Å². The van der Waals surface area contributed by atoms with Crippen LogP contribution in [0.5, 0.6) is 0 Å². The maximum Gasteiger partial charge on any atom is 0.231 e. The summed E-state index contributed by atoms with van der Waals surface area (Å²) < 4.78 is 0. The molecule has 9 heteroatoms. The Balaban J connectivity index is 2.47. The highest BCUT2D eigenvalue weighted by Crippen LogP contribution is 2.38. The lowest BCUT2D eigenvalue weighted by Crippen LogP contribution is -2.33. The Labute approximate surface area is 160 Å². The summed E-state index contributed by atoms with van der Waals surface area (Å²) in [5.74, 6) is -1.33. The van der Waals surface area contributed by atoms with Crippen LogP contribution in [0.15, 0.2) is 30.3 Å². The number of hydrogen-bond acceptors (Lipinski definition) is 6. The topological polar surface area (TPSA) is 132 Å². The molecule has 0 saturated heterocycles. The minimum atomic E-state index is -0.524. The molecule has 3 rings (SSSR count). The highest BCUT2D eigenvalue weighted by molar-refractivity contribution is 6.19. The minimum absolute atomic E-state index is 0.0484. The van der Waals surface area contributed by atoms with Crippen LogP contribution in [0.2, 0.25) is 0 Å². The van der Waals surface area contributed by atoms with Gasteiger partial charge in [0.05, 0.1) is 5.39 Å². The van der Waals surface area contributed by atoms with E-state index >= 15 is 0 Å². The fourth-order valence-corrected chi connectivity index (χ4v) is 2.99. The quantitative estimate of drug-likeness (QED) is 0.721. The van der Waals surface area contributed by atoms with Gasteiger partial charge in [0.15, 0.2) is 17.3 Å². The molecule has 0 aliphatic heterocycles. The number of aromatic amines is 1. The first-order valence-corrected chi connectivity index (χ1v) is 8.31. The summed E-state index contributed by atoms with van der Waals surface area (Å²) in [4.78, 5) is 40.9. The van der Waals surface area contributed by atoms with Gasteiger partial charge in [-0.05, 0) is 5.56 Å². The molecule has 2 aromatic heterocycles. The Hall–Kier alpha value is -4.06. The molecule has 0 radical (unpaired) electrons. The van der Waals surface area contributed by atoms with Gasteiger partial charge in [0, 0.05) is 26.3 Å². The van der Waals surface area contributed by atoms with Crippen molar-refractivity contribution < 1.29 is 14.4 Å². The molecule has 1 aromatic carbocycles. The zero-order valence-corrected chi connectivity index (χ0v) is 15.4. The van der Waals surface area contributed by atoms with Crippen molar-refractivity contribution in [2.24, 2.45) is 0 Å². The number of imide groups is 1. The van der Waals surface area contributed by atoms with Gasteiger partial charge in [-0.15, -0.1) is 0 Å². The van der Waals surface area contributed by atoms with E-state index in [0.29, 0.717) is 16.5 Å². The molecular formula is C19H16N6O3. The van der Waals surface area contributed by atoms with E-state index in [1.54, 1.807) is 24.3 Å². The Morgan fingerprint density at radius 3 is 2.29 bits per heavy atom. The Morgan fingerprint density at radius 1 is 1.11 bits per heavy atom. The van der Waals surface area contributed by atoms with Crippen molar-refractivity contribution in [2.75, 3.05) is 10.2 Å². The molecule has 0 fully saturated rings. The number of H-pyrrole nitrogens is 1. The SMILES string of the molecule is CC(=O)Nc1nc2[nH]nc(N(C(C)=O)C(C)=O)c2c(-c2ccccc2)c1C#N. The molecule has 140 valence electrons. The lowest BCUT2D eigenvalue weighted by Gasteiger charge is -2.17. The number of aromatic nitrogens is 3. The first-order chi connectivity index (χ1) is 13.3. The third-order valence-corrected chi connectivity index (χ3v) is 4.00. The van der Waals surface area contributed by atoms with Crippen LogP contribution < -0.4 is 10.2 Å². The maximum absolute atomic E-state index is 12.1. The van der Waals surface area contributed by atoms with Crippen LogP contribution in [0.1, 0.15) is 26.3 Å². The second-order valence-corrected chi connectivity index (χ2v) is 6.01. The van der Waals surface area contributed by atoms with Gasteiger partial charge >= 0.3 is 0 Å². The molecular weight excluding hydrogens is 360 g/mol. The number of nitrogens with one attached hydrogen (secondary N) is 2. The maximum atomic E-state index is 12.1. The van der Waals surface area contributed by atoms with Crippen LogP contribution in [-0.4, -0.2) is 32.9 Å². The first kappa shape index (κ1) is 18.7. The highest BCUT2D eigenvalue weighted by Gasteiger charge is 2.27. The van der Waals surface area contributed by atoms with E-state index in [0.717, 1.165) is 4.90 Å². The fourth-order valence-electron chi connectivity index (χ4n) is 2.99. The second-order valence-electron chi connectivity index (χ2n) is 6.01. The molecule has 3 aromatic rings. The van der Waals surface area contributed by atoms with Crippen LogP contribution in [0.3, 0.4) is 0 Å². The van der Waals surface area contributed by atoms with Gasteiger partial charge < -0.3 is 5.32 Å². The van der Waals surface area contributed by atoms with Gasteiger partial charge in [0.2, 0.25) is 17.7 Å². The average Bonchev–Trinajstić information content (AvgIpc) is 3.03. The lowest BCUT2D eigenvalue weighted by atomic mass is 9.97. The van der Waals surface area contributed by atoms with Crippen LogP contribution in [-0.2, 0) is 14.4 Å². The smallest absolute Gasteiger partial charge is 0.231 e. The molecule has 0 spiro atoms. The van der Waals surface area contributed by atoms with Crippen molar-refractivity contribution >= 4 is 40.4 Å². The van der Waals surface area contributed by atoms with Crippen molar-refractivity contribution in [1.29, 1.82) is 5.26 Å². The summed E-state index contributed by atoms with van der Waals surface area (Å²) in [5.41, 5.74) is 1.38. The van der Waals surface area contributed by atoms with Gasteiger partial charge in [-0.25, -0.2) is 9.88 Å². The van der Waals surface area contributed by atoms with Crippen LogP contribution in [0, 0.1) is 11.3 Å². The van der Waals surface area contributed by atoms with Crippen molar-refractivity contribution in [3.63, 3.8) is 0 Å². The predicted octanol–water partition coefficient (Wildman–Crippen LogP) is 2.35. The molecule has 2 N–H and O–H groups in total. The number of carbonyl (C=O) groups is 3. The van der Waals surface area contributed by atoms with Gasteiger partial charge in [-0.3, -0.25) is 19.5 Å². The number of rotatable bonds is 3. The van der Waals surface area contributed by atoms with Crippen LogP contribution in [0.4, 0.5) is 11.6 Å². The van der Waals surface area contributed by atoms with E-state index in [-0.39, 0.29) is 22.8 Å². The number of fused-ring (bicyclic) bond motifs is 1. The number of carbonyl (C=O) groups excluding carboxylic acids is 3. The Kier molecular flexibility index (Phi) is 4.87. The van der Waals surface area contributed by atoms with Crippen molar-refractivity contribution in [2.45, 2.75) is 20.8 Å². The molecule has 28 heavy (non-hydrogen) atoms. The summed E-state index contributed by atoms with van der Waals surface area (Å²) >= 11 is 0. The van der Waals surface area contributed by atoms with Gasteiger partial charge in [0.25, 0.3) is 0 Å². The molecule has 0 bridgehead atoms. The monoisotopic (exact) mass is 376 g/mol. The normalized spacial score (nSPS) is 10.4. The van der Waals surface area contributed by atoms with E-state index in [4.69, 9.17) is 0 Å². The molecule has 0 unspecified atom stereocenters. The van der Waals surface area contributed by atoms with Crippen molar-refractivity contribution in [3.8, 4) is 17.2 Å². The van der Waals surface area contributed by atoms with Crippen LogP contribution >= 0.6 is 0 Å². The Morgan fingerprint density at radius 2 is 1.75 bits per heavy atom. The van der Waals surface area contributed by atoms with Crippen LogP contribution in [0.25, 0.3) is 22.2 Å². The predicted molar refractivity (Wildman–Crippen MR) is 102 cm³/mol. The number of benzene rings is 1. The number of anilines is 2. The number of pyridine rings is 1. The summed E-state index contributed by atoms with van der Waals surface area (Å²) in [6.07, 6.45) is 0. The third kappa shape index (κ3) is 3.19. The summed E-state index contributed by atoms with van der Waals surface area (Å²) in [6, 6.07) is 11.0. The number of amides is 3. The summed E-state index contributed by atoms with van der Waals surface area (Å²) in [7, 11) is 0. The second kappa shape index (κ2) is 7.28. The van der Waals surface area contributed by atoms with Gasteiger partial charge in [0.1, 0.15) is 11.6 Å². The van der Waals surface area contributed by atoms with E-state index < -0.39 is 17.7 Å². The number of hydrogen-bond donors (Lipinski definition) is 2. The highest BCUT2D eigenvalue weighted by atomic mass is 16.2. The van der Waals surface area contributed by atoms with E-state index in [9.17, 15) is 19.6 Å². The Bertz CT molecular complexity index is 1130. The molecule has 3 amide bonds. The van der Waals surface area contributed by atoms with Crippen molar-refractivity contribution in [1.82, 2.24) is 15.2 Å². The first-order valence-electron chi connectivity index (χ1n) is 8.31. The summed E-state index contributed by atoms with van der Waals surface area (Å²) in [6.45, 7) is 3.80. The zero-order valence-electron chi connectivity index (χ0n) is 15.4. The van der Waals surface area contributed by atoms with Gasteiger partial charge in [-0.2, -0.15) is 10.4 Å². The standard InChI is InChI=1S/C19H16N6O3/c1-10(26)21-17-14(9-20)15(13-7-5-4-6-8-13)16-18(22-17)23-24-19(16)25(11(2)27)12(3)28/h4-8H,1-3H3,(H2,21,22,23,24,26). The number of nitriles is 1. The van der Waals surface area contributed by atoms with E-state index in [1.807, 2.05) is 6.07 Å². The molecule has 2 heterocycles. The zero-order chi connectivity index (χ0) is 20.4. The molecule has 0 atom stereocenters. The van der Waals surface area contributed by atoms with E-state index in [1.165, 1.54) is 20.8 Å². The molecule has 9 nitrogen and oxygen atoms in total. The summed E-state index contributed by atoms with van der Waals surface area (Å²) in [5, 5.41) is 19.5. The molecule has 0 aliphatic carbocycles. The third-order valence-electron chi connectivity index (χ3n) is 4.00. The largest absolute Gasteiger partial charge is 0.310 e. The van der Waals surface area contributed by atoms with E-state index in [2.05, 4.69) is 26.6 Å². The minimum Gasteiger partial charge on any atom is -0.310 e. The lowest BCUT2D eigenvalue weighted by molar-refractivity contribution is -0.124. The number of nitrogens with zero attached hydrogens (tertiary/aromatic N) is 4.